The highest BCUT2D eigenvalue weighted by Crippen LogP contribution is 2.12. The van der Waals surface area contributed by atoms with Gasteiger partial charge in [-0.3, -0.25) is 0 Å². The second kappa shape index (κ2) is 5.71. The highest BCUT2D eigenvalue weighted by atomic mass is 79.9. The molecule has 80 valence electrons. The standard InChI is InChI=1S/C12H13BrO2/c1-9(2)12(14)15-7-6-10-4-3-5-11(13)8-10/h3-5,8H,1,6-7H2,2H3. The Morgan fingerprint density at radius 3 is 2.87 bits per heavy atom. The molecule has 1 rings (SSSR count). The number of carbonyl (C=O) groups is 1. The number of carbonyl (C=O) groups excluding carboxylic acids is 1. The maximum Gasteiger partial charge on any atom is 0.333 e. The molecule has 0 spiro atoms. The normalized spacial score (nSPS) is 9.73. The van der Waals surface area contributed by atoms with Crippen LogP contribution in [0.5, 0.6) is 0 Å². The minimum atomic E-state index is -0.329. The molecule has 0 amide bonds. The van der Waals surface area contributed by atoms with Gasteiger partial charge in [0.05, 0.1) is 6.61 Å². The summed E-state index contributed by atoms with van der Waals surface area (Å²) in [5, 5.41) is 0. The fourth-order valence-corrected chi connectivity index (χ4v) is 1.52. The minimum Gasteiger partial charge on any atom is -0.462 e. The number of halogens is 1. The van der Waals surface area contributed by atoms with Crippen LogP contribution in [0.15, 0.2) is 40.9 Å². The third-order valence-corrected chi connectivity index (χ3v) is 2.35. The molecule has 0 atom stereocenters. The molecule has 0 aliphatic rings. The largest absolute Gasteiger partial charge is 0.462 e. The summed E-state index contributed by atoms with van der Waals surface area (Å²) in [6.07, 6.45) is 0.721. The third-order valence-electron chi connectivity index (χ3n) is 1.86. The molecular formula is C12H13BrO2. The highest BCUT2D eigenvalue weighted by molar-refractivity contribution is 9.10. The summed E-state index contributed by atoms with van der Waals surface area (Å²) in [4.78, 5) is 11.1. The number of benzene rings is 1. The maximum absolute atomic E-state index is 11.1. The second-order valence-electron chi connectivity index (χ2n) is 3.30. The van der Waals surface area contributed by atoms with Crippen molar-refractivity contribution in [1.29, 1.82) is 0 Å². The van der Waals surface area contributed by atoms with E-state index < -0.39 is 0 Å². The topological polar surface area (TPSA) is 26.3 Å². The zero-order valence-electron chi connectivity index (χ0n) is 8.63. The lowest BCUT2D eigenvalue weighted by molar-refractivity contribution is -0.138. The molecule has 0 fully saturated rings. The number of esters is 1. The van der Waals surface area contributed by atoms with Gasteiger partial charge in [-0.05, 0) is 24.6 Å². The lowest BCUT2D eigenvalue weighted by Gasteiger charge is -2.04. The average Bonchev–Trinajstić information content (AvgIpc) is 2.17. The molecule has 0 aliphatic heterocycles. The van der Waals surface area contributed by atoms with Gasteiger partial charge < -0.3 is 4.74 Å². The summed E-state index contributed by atoms with van der Waals surface area (Å²) in [7, 11) is 0. The van der Waals surface area contributed by atoms with E-state index in [9.17, 15) is 4.79 Å². The highest BCUT2D eigenvalue weighted by Gasteiger charge is 2.02. The predicted octanol–water partition coefficient (Wildman–Crippen LogP) is 3.11. The Morgan fingerprint density at radius 1 is 1.53 bits per heavy atom. The van der Waals surface area contributed by atoms with Crippen molar-refractivity contribution in [2.24, 2.45) is 0 Å². The van der Waals surface area contributed by atoms with E-state index in [4.69, 9.17) is 4.74 Å². The molecular weight excluding hydrogens is 256 g/mol. The Hall–Kier alpha value is -1.09. The van der Waals surface area contributed by atoms with Gasteiger partial charge in [0.1, 0.15) is 0 Å². The molecule has 15 heavy (non-hydrogen) atoms. The molecule has 0 radical (unpaired) electrons. The van der Waals surface area contributed by atoms with Crippen molar-refractivity contribution < 1.29 is 9.53 Å². The molecule has 0 aliphatic carbocycles. The van der Waals surface area contributed by atoms with Crippen molar-refractivity contribution in [2.45, 2.75) is 13.3 Å². The van der Waals surface area contributed by atoms with E-state index in [1.807, 2.05) is 24.3 Å². The Morgan fingerprint density at radius 2 is 2.27 bits per heavy atom. The summed E-state index contributed by atoms with van der Waals surface area (Å²) >= 11 is 3.38. The van der Waals surface area contributed by atoms with Gasteiger partial charge in [0.25, 0.3) is 0 Å². The smallest absolute Gasteiger partial charge is 0.333 e. The Balaban J connectivity index is 2.38. The first-order chi connectivity index (χ1) is 7.09. The van der Waals surface area contributed by atoms with E-state index in [0.29, 0.717) is 12.2 Å². The van der Waals surface area contributed by atoms with Gasteiger partial charge >= 0.3 is 5.97 Å². The van der Waals surface area contributed by atoms with Crippen LogP contribution in [-0.2, 0) is 16.0 Å². The summed E-state index contributed by atoms with van der Waals surface area (Å²) in [5.74, 6) is -0.329. The van der Waals surface area contributed by atoms with Gasteiger partial charge in [-0.15, -0.1) is 0 Å². The molecule has 0 N–H and O–H groups in total. The van der Waals surface area contributed by atoms with Crippen LogP contribution < -0.4 is 0 Å². The first kappa shape index (κ1) is 12.0. The van der Waals surface area contributed by atoms with Gasteiger partial charge in [0.2, 0.25) is 0 Å². The fraction of sp³-hybridized carbons (Fsp3) is 0.250. The van der Waals surface area contributed by atoms with Crippen molar-refractivity contribution in [2.75, 3.05) is 6.61 Å². The molecule has 0 unspecified atom stereocenters. The van der Waals surface area contributed by atoms with Crippen LogP contribution in [0, 0.1) is 0 Å². The third kappa shape index (κ3) is 4.30. The van der Waals surface area contributed by atoms with E-state index in [1.165, 1.54) is 0 Å². The predicted molar refractivity (Wildman–Crippen MR) is 63.6 cm³/mol. The Labute approximate surface area is 98.1 Å². The second-order valence-corrected chi connectivity index (χ2v) is 4.21. The fourth-order valence-electron chi connectivity index (χ4n) is 1.08. The van der Waals surface area contributed by atoms with Gasteiger partial charge in [0, 0.05) is 16.5 Å². The summed E-state index contributed by atoms with van der Waals surface area (Å²) in [6, 6.07) is 7.93. The number of ether oxygens (including phenoxy) is 1. The van der Waals surface area contributed by atoms with Crippen molar-refractivity contribution in [1.82, 2.24) is 0 Å². The lowest BCUT2D eigenvalue weighted by atomic mass is 10.2. The van der Waals surface area contributed by atoms with Crippen molar-refractivity contribution in [3.05, 3.63) is 46.5 Å². The molecule has 2 nitrogen and oxygen atoms in total. The SMILES string of the molecule is C=C(C)C(=O)OCCc1cccc(Br)c1. The lowest BCUT2D eigenvalue weighted by Crippen LogP contribution is -2.07. The van der Waals surface area contributed by atoms with Crippen LogP contribution in [0.1, 0.15) is 12.5 Å². The van der Waals surface area contributed by atoms with Crippen LogP contribution in [0.25, 0.3) is 0 Å². The molecule has 0 saturated carbocycles. The number of rotatable bonds is 4. The quantitative estimate of drug-likeness (QED) is 0.620. The first-order valence-corrected chi connectivity index (χ1v) is 5.46. The maximum atomic E-state index is 11.1. The Kier molecular flexibility index (Phi) is 4.56. The molecule has 0 saturated heterocycles. The summed E-state index contributed by atoms with van der Waals surface area (Å²) in [6.45, 7) is 5.54. The first-order valence-electron chi connectivity index (χ1n) is 4.66. The van der Waals surface area contributed by atoms with E-state index in [0.717, 1.165) is 16.5 Å². The van der Waals surface area contributed by atoms with Crippen LogP contribution in [0.4, 0.5) is 0 Å². The zero-order chi connectivity index (χ0) is 11.3. The van der Waals surface area contributed by atoms with Gasteiger partial charge in [-0.25, -0.2) is 4.79 Å². The van der Waals surface area contributed by atoms with E-state index in [2.05, 4.69) is 22.5 Å². The van der Waals surface area contributed by atoms with Gasteiger partial charge in [0.15, 0.2) is 0 Å². The van der Waals surface area contributed by atoms with Gasteiger partial charge in [-0.2, -0.15) is 0 Å². The number of hydrogen-bond acceptors (Lipinski definition) is 2. The average molecular weight is 269 g/mol. The van der Waals surface area contributed by atoms with Crippen LogP contribution in [0.2, 0.25) is 0 Å². The molecule has 1 aromatic carbocycles. The van der Waals surface area contributed by atoms with E-state index >= 15 is 0 Å². The molecule has 0 heterocycles. The molecule has 3 heteroatoms. The van der Waals surface area contributed by atoms with Crippen molar-refractivity contribution >= 4 is 21.9 Å². The van der Waals surface area contributed by atoms with Crippen LogP contribution in [-0.4, -0.2) is 12.6 Å². The molecule has 0 aromatic heterocycles. The van der Waals surface area contributed by atoms with E-state index in [1.54, 1.807) is 6.92 Å². The van der Waals surface area contributed by atoms with Gasteiger partial charge in [-0.1, -0.05) is 34.6 Å². The minimum absolute atomic E-state index is 0.329. The molecule has 0 bridgehead atoms. The Bertz CT molecular complexity index is 372. The zero-order valence-corrected chi connectivity index (χ0v) is 10.2. The van der Waals surface area contributed by atoms with E-state index in [-0.39, 0.29) is 5.97 Å². The van der Waals surface area contributed by atoms with Crippen molar-refractivity contribution in [3.63, 3.8) is 0 Å². The number of hydrogen-bond donors (Lipinski definition) is 0. The van der Waals surface area contributed by atoms with Crippen molar-refractivity contribution in [3.8, 4) is 0 Å². The summed E-state index contributed by atoms with van der Waals surface area (Å²) < 4.78 is 6.03. The van der Waals surface area contributed by atoms with Crippen LogP contribution in [0.3, 0.4) is 0 Å². The monoisotopic (exact) mass is 268 g/mol. The van der Waals surface area contributed by atoms with Crippen LogP contribution >= 0.6 is 15.9 Å². The summed E-state index contributed by atoms with van der Waals surface area (Å²) in [5.41, 5.74) is 1.57. The molecule has 1 aromatic rings.